The molecule has 1 aromatic rings. The molecule has 2 rings (SSSR count). The number of halogens is 1. The van der Waals surface area contributed by atoms with Gasteiger partial charge in [-0.05, 0) is 19.4 Å². The third-order valence-corrected chi connectivity index (χ3v) is 3.80. The maximum Gasteiger partial charge on any atom is 0.328 e. The predicted octanol–water partition coefficient (Wildman–Crippen LogP) is 2.06. The van der Waals surface area contributed by atoms with E-state index in [1.54, 1.807) is 19.1 Å². The first-order chi connectivity index (χ1) is 9.99. The number of ether oxygens (including phenoxy) is 2. The van der Waals surface area contributed by atoms with E-state index < -0.39 is 23.9 Å². The summed E-state index contributed by atoms with van der Waals surface area (Å²) in [6.45, 7) is 1.70. The molecule has 1 saturated heterocycles. The van der Waals surface area contributed by atoms with Crippen molar-refractivity contribution in [3.05, 3.63) is 29.6 Å². The summed E-state index contributed by atoms with van der Waals surface area (Å²) in [4.78, 5) is 25.2. The van der Waals surface area contributed by atoms with Gasteiger partial charge in [-0.2, -0.15) is 0 Å². The Bertz CT molecular complexity index is 561. The summed E-state index contributed by atoms with van der Waals surface area (Å²) < 4.78 is 23.8. The fourth-order valence-electron chi connectivity index (χ4n) is 2.68. The summed E-state index contributed by atoms with van der Waals surface area (Å²) in [7, 11) is 2.73. The molecule has 114 valence electrons. The van der Waals surface area contributed by atoms with E-state index >= 15 is 0 Å². The molecule has 1 aromatic carbocycles. The SMILES string of the molecule is COC(=O)C1CCC(=O)N1C(C)c1ccc(OC)cc1F. The number of rotatable bonds is 4. The number of amides is 1. The number of carbonyl (C=O) groups is 2. The summed E-state index contributed by atoms with van der Waals surface area (Å²) in [5.41, 5.74) is 0.347. The Morgan fingerprint density at radius 2 is 2.14 bits per heavy atom. The molecule has 0 saturated carbocycles. The van der Waals surface area contributed by atoms with E-state index in [0.717, 1.165) is 0 Å². The Morgan fingerprint density at radius 1 is 1.43 bits per heavy atom. The Labute approximate surface area is 122 Å². The van der Waals surface area contributed by atoms with E-state index in [0.29, 0.717) is 17.7 Å². The second-order valence-corrected chi connectivity index (χ2v) is 4.94. The van der Waals surface area contributed by atoms with Crippen LogP contribution in [0.15, 0.2) is 18.2 Å². The maximum atomic E-state index is 14.1. The van der Waals surface area contributed by atoms with E-state index in [2.05, 4.69) is 0 Å². The minimum absolute atomic E-state index is 0.173. The van der Waals surface area contributed by atoms with Crippen LogP contribution in [0.2, 0.25) is 0 Å². The van der Waals surface area contributed by atoms with Crippen molar-refractivity contribution in [1.82, 2.24) is 4.90 Å². The van der Waals surface area contributed by atoms with E-state index in [9.17, 15) is 14.0 Å². The monoisotopic (exact) mass is 295 g/mol. The van der Waals surface area contributed by atoms with E-state index in [1.165, 1.54) is 25.2 Å². The molecule has 0 bridgehead atoms. The molecule has 1 heterocycles. The summed E-state index contributed by atoms with van der Waals surface area (Å²) >= 11 is 0. The lowest BCUT2D eigenvalue weighted by molar-refractivity contribution is -0.150. The number of esters is 1. The Morgan fingerprint density at radius 3 is 2.71 bits per heavy atom. The topological polar surface area (TPSA) is 55.8 Å². The average Bonchev–Trinajstić information content (AvgIpc) is 2.87. The number of carbonyl (C=O) groups excluding carboxylic acids is 2. The van der Waals surface area contributed by atoms with Crippen LogP contribution in [0.1, 0.15) is 31.4 Å². The van der Waals surface area contributed by atoms with Crippen LogP contribution in [0.25, 0.3) is 0 Å². The molecular weight excluding hydrogens is 277 g/mol. The summed E-state index contributed by atoms with van der Waals surface area (Å²) in [5, 5.41) is 0. The highest BCUT2D eigenvalue weighted by molar-refractivity contribution is 5.88. The molecule has 0 aliphatic carbocycles. The van der Waals surface area contributed by atoms with Gasteiger partial charge in [0.15, 0.2) is 0 Å². The van der Waals surface area contributed by atoms with Crippen LogP contribution in [0, 0.1) is 5.82 Å². The van der Waals surface area contributed by atoms with Crippen LogP contribution < -0.4 is 4.74 Å². The summed E-state index contributed by atoms with van der Waals surface area (Å²) in [6.07, 6.45) is 0.662. The van der Waals surface area contributed by atoms with Gasteiger partial charge in [-0.15, -0.1) is 0 Å². The fraction of sp³-hybridized carbons (Fsp3) is 0.467. The fourth-order valence-corrected chi connectivity index (χ4v) is 2.68. The van der Waals surface area contributed by atoms with Crippen molar-refractivity contribution in [1.29, 1.82) is 0 Å². The quantitative estimate of drug-likeness (QED) is 0.798. The van der Waals surface area contributed by atoms with E-state index in [1.807, 2.05) is 0 Å². The lowest BCUT2D eigenvalue weighted by Gasteiger charge is -2.30. The van der Waals surface area contributed by atoms with Crippen molar-refractivity contribution in [3.8, 4) is 5.75 Å². The van der Waals surface area contributed by atoms with Gasteiger partial charge in [-0.25, -0.2) is 9.18 Å². The Hall–Kier alpha value is -2.11. The highest BCUT2D eigenvalue weighted by Gasteiger charge is 2.40. The molecule has 1 aliphatic heterocycles. The molecule has 21 heavy (non-hydrogen) atoms. The van der Waals surface area contributed by atoms with Crippen molar-refractivity contribution < 1.29 is 23.5 Å². The molecular formula is C15H18FNO4. The van der Waals surface area contributed by atoms with Crippen molar-refractivity contribution in [2.24, 2.45) is 0 Å². The molecule has 0 spiro atoms. The van der Waals surface area contributed by atoms with Gasteiger partial charge in [-0.3, -0.25) is 4.79 Å². The minimum atomic E-state index is -0.654. The van der Waals surface area contributed by atoms with Crippen molar-refractivity contribution in [2.45, 2.75) is 31.8 Å². The van der Waals surface area contributed by atoms with Crippen LogP contribution in [-0.4, -0.2) is 37.0 Å². The van der Waals surface area contributed by atoms with Crippen LogP contribution in [0.4, 0.5) is 4.39 Å². The number of likely N-dealkylation sites (tertiary alicyclic amines) is 1. The smallest absolute Gasteiger partial charge is 0.328 e. The lowest BCUT2D eigenvalue weighted by atomic mass is 10.0. The zero-order valence-corrected chi connectivity index (χ0v) is 12.3. The van der Waals surface area contributed by atoms with Gasteiger partial charge in [0.2, 0.25) is 5.91 Å². The van der Waals surface area contributed by atoms with Gasteiger partial charge in [0.05, 0.1) is 20.3 Å². The van der Waals surface area contributed by atoms with Crippen molar-refractivity contribution in [3.63, 3.8) is 0 Å². The van der Waals surface area contributed by atoms with Gasteiger partial charge in [0.25, 0.3) is 0 Å². The average molecular weight is 295 g/mol. The summed E-state index contributed by atoms with van der Waals surface area (Å²) in [5.74, 6) is -0.708. The number of benzene rings is 1. The number of hydrogen-bond acceptors (Lipinski definition) is 4. The maximum absolute atomic E-state index is 14.1. The molecule has 0 N–H and O–H groups in total. The second-order valence-electron chi connectivity index (χ2n) is 4.94. The normalized spacial score (nSPS) is 19.5. The molecule has 6 heteroatoms. The minimum Gasteiger partial charge on any atom is -0.497 e. The molecule has 2 atom stereocenters. The van der Waals surface area contributed by atoms with Crippen LogP contribution in [0.5, 0.6) is 5.75 Å². The van der Waals surface area contributed by atoms with Crippen molar-refractivity contribution >= 4 is 11.9 Å². The first-order valence-corrected chi connectivity index (χ1v) is 6.72. The molecule has 5 nitrogen and oxygen atoms in total. The van der Waals surface area contributed by atoms with E-state index in [4.69, 9.17) is 9.47 Å². The Balaban J connectivity index is 2.31. The molecule has 0 radical (unpaired) electrons. The van der Waals surface area contributed by atoms with Gasteiger partial charge < -0.3 is 14.4 Å². The standard InChI is InChI=1S/C15H18FNO4/c1-9(11-5-4-10(20-2)8-12(11)16)17-13(15(19)21-3)6-7-14(17)18/h4-5,8-9,13H,6-7H2,1-3H3. The van der Waals surface area contributed by atoms with Gasteiger partial charge in [0, 0.05) is 18.1 Å². The third-order valence-electron chi connectivity index (χ3n) is 3.80. The predicted molar refractivity (Wildman–Crippen MR) is 73.3 cm³/mol. The number of methoxy groups -OCH3 is 2. The molecule has 2 unspecified atom stereocenters. The highest BCUT2D eigenvalue weighted by atomic mass is 19.1. The Kier molecular flexibility index (Phi) is 4.45. The van der Waals surface area contributed by atoms with Crippen LogP contribution in [0.3, 0.4) is 0 Å². The molecule has 0 aromatic heterocycles. The number of nitrogens with zero attached hydrogens (tertiary/aromatic N) is 1. The lowest BCUT2D eigenvalue weighted by Crippen LogP contribution is -2.41. The first kappa shape index (κ1) is 15.3. The van der Waals surface area contributed by atoms with Gasteiger partial charge in [-0.1, -0.05) is 6.07 Å². The first-order valence-electron chi connectivity index (χ1n) is 6.72. The molecule has 1 aliphatic rings. The van der Waals surface area contributed by atoms with Crippen LogP contribution >= 0.6 is 0 Å². The second kappa shape index (κ2) is 6.11. The van der Waals surface area contributed by atoms with E-state index in [-0.39, 0.29) is 12.3 Å². The highest BCUT2D eigenvalue weighted by Crippen LogP contribution is 2.33. The van der Waals surface area contributed by atoms with Gasteiger partial charge in [0.1, 0.15) is 17.6 Å². The summed E-state index contributed by atoms with van der Waals surface area (Å²) in [6, 6.07) is 3.26. The molecule has 1 amide bonds. The zero-order chi connectivity index (χ0) is 15.6. The van der Waals surface area contributed by atoms with Crippen molar-refractivity contribution in [2.75, 3.05) is 14.2 Å². The molecule has 1 fully saturated rings. The largest absolute Gasteiger partial charge is 0.497 e. The third kappa shape index (κ3) is 2.84. The zero-order valence-electron chi connectivity index (χ0n) is 12.3. The van der Waals surface area contributed by atoms with Crippen LogP contribution in [-0.2, 0) is 14.3 Å². The van der Waals surface area contributed by atoms with Gasteiger partial charge >= 0.3 is 5.97 Å². The number of hydrogen-bond donors (Lipinski definition) is 0.